The first-order chi connectivity index (χ1) is 13.0. The molecule has 0 bridgehead atoms. The number of esters is 1. The van der Waals surface area contributed by atoms with Crippen molar-refractivity contribution in [1.29, 1.82) is 0 Å². The molecule has 4 rings (SSSR count). The number of likely N-dealkylation sites (tertiary alicyclic amines) is 1. The third-order valence-corrected chi connectivity index (χ3v) is 5.58. The molecule has 2 aromatic carbocycles. The summed E-state index contributed by atoms with van der Waals surface area (Å²) in [6.45, 7) is 2.79. The zero-order valence-corrected chi connectivity index (χ0v) is 15.3. The lowest BCUT2D eigenvalue weighted by Crippen LogP contribution is -2.48. The van der Waals surface area contributed by atoms with Crippen LogP contribution in [0.4, 0.5) is 4.39 Å². The second-order valence-electron chi connectivity index (χ2n) is 7.43. The van der Waals surface area contributed by atoms with Gasteiger partial charge in [-0.3, -0.25) is 4.79 Å². The van der Waals surface area contributed by atoms with E-state index in [0.29, 0.717) is 37.1 Å². The molecule has 1 saturated heterocycles. The summed E-state index contributed by atoms with van der Waals surface area (Å²) < 4.78 is 19.2. The molecule has 140 valence electrons. The maximum atomic E-state index is 13.4. The lowest BCUT2D eigenvalue weighted by Gasteiger charge is -2.39. The van der Waals surface area contributed by atoms with Crippen molar-refractivity contribution in [3.05, 3.63) is 70.5 Å². The number of fused-ring (bicyclic) bond motifs is 2. The van der Waals surface area contributed by atoms with Gasteiger partial charge in [-0.15, -0.1) is 0 Å². The first-order valence-electron chi connectivity index (χ1n) is 9.34. The fourth-order valence-corrected chi connectivity index (χ4v) is 4.16. The normalized spacial score (nSPS) is 21.3. The van der Waals surface area contributed by atoms with E-state index in [2.05, 4.69) is 0 Å². The third-order valence-electron chi connectivity index (χ3n) is 5.58. The van der Waals surface area contributed by atoms with Crippen LogP contribution < -0.4 is 0 Å². The molecule has 1 amide bonds. The highest BCUT2D eigenvalue weighted by molar-refractivity contribution is 5.95. The largest absolute Gasteiger partial charge is 0.449 e. The maximum absolute atomic E-state index is 13.4. The first kappa shape index (κ1) is 17.7. The average Bonchev–Trinajstić information content (AvgIpc) is 2.94. The van der Waals surface area contributed by atoms with Gasteiger partial charge in [0.25, 0.3) is 0 Å². The molecule has 0 aliphatic carbocycles. The number of piperidine rings is 1. The fraction of sp³-hybridized carbons (Fsp3) is 0.364. The van der Waals surface area contributed by atoms with Crippen LogP contribution in [-0.4, -0.2) is 29.9 Å². The van der Waals surface area contributed by atoms with E-state index in [1.165, 1.54) is 6.07 Å². The molecule has 27 heavy (non-hydrogen) atoms. The zero-order valence-electron chi connectivity index (χ0n) is 15.3. The highest BCUT2D eigenvalue weighted by Gasteiger charge is 2.48. The van der Waals surface area contributed by atoms with Crippen molar-refractivity contribution >= 4 is 11.9 Å². The molecule has 4 nitrogen and oxygen atoms in total. The average molecular weight is 367 g/mol. The Hall–Kier alpha value is -2.69. The summed E-state index contributed by atoms with van der Waals surface area (Å²) in [4.78, 5) is 26.8. The van der Waals surface area contributed by atoms with Gasteiger partial charge in [0.15, 0.2) is 5.60 Å². The van der Waals surface area contributed by atoms with Gasteiger partial charge in [0.1, 0.15) is 5.82 Å². The number of aryl methyl sites for hydroxylation is 2. The van der Waals surface area contributed by atoms with Gasteiger partial charge in [0, 0.05) is 18.5 Å². The van der Waals surface area contributed by atoms with E-state index in [0.717, 1.165) is 24.0 Å². The van der Waals surface area contributed by atoms with E-state index in [1.54, 1.807) is 30.0 Å². The topological polar surface area (TPSA) is 46.6 Å². The Labute approximate surface area is 157 Å². The Morgan fingerprint density at radius 1 is 1.26 bits per heavy atom. The molecule has 1 atom stereocenters. The Kier molecular flexibility index (Phi) is 4.46. The molecule has 5 heteroatoms. The van der Waals surface area contributed by atoms with E-state index in [-0.39, 0.29) is 17.7 Å². The number of nitrogens with zero attached hydrogens (tertiary/aromatic N) is 1. The lowest BCUT2D eigenvalue weighted by molar-refractivity contribution is -0.138. The molecular formula is C22H22FNO3. The minimum Gasteiger partial charge on any atom is -0.449 e. The lowest BCUT2D eigenvalue weighted by atomic mass is 9.85. The number of hydrogen-bond donors (Lipinski definition) is 0. The van der Waals surface area contributed by atoms with Crippen LogP contribution in [0.2, 0.25) is 0 Å². The summed E-state index contributed by atoms with van der Waals surface area (Å²) in [5, 5.41) is 0. The molecule has 2 heterocycles. The molecule has 0 aromatic heterocycles. The van der Waals surface area contributed by atoms with Crippen molar-refractivity contribution in [3.63, 3.8) is 0 Å². The van der Waals surface area contributed by atoms with Gasteiger partial charge in [0.05, 0.1) is 12.1 Å². The molecule has 2 aromatic rings. The Balaban J connectivity index is 1.46. The van der Waals surface area contributed by atoms with Crippen LogP contribution >= 0.6 is 0 Å². The predicted octanol–water partition coefficient (Wildman–Crippen LogP) is 3.76. The second-order valence-corrected chi connectivity index (χ2v) is 7.43. The molecule has 2 aliphatic heterocycles. The number of benzene rings is 2. The number of carbonyl (C=O) groups excluding carboxylic acids is 2. The van der Waals surface area contributed by atoms with Gasteiger partial charge in [0.2, 0.25) is 5.91 Å². The highest BCUT2D eigenvalue weighted by atomic mass is 19.1. The van der Waals surface area contributed by atoms with Crippen LogP contribution in [-0.2, 0) is 21.6 Å². The Morgan fingerprint density at radius 3 is 2.89 bits per heavy atom. The van der Waals surface area contributed by atoms with Crippen LogP contribution in [0, 0.1) is 12.7 Å². The molecule has 0 saturated carbocycles. The molecule has 0 N–H and O–H groups in total. The zero-order chi connectivity index (χ0) is 19.0. The quantitative estimate of drug-likeness (QED) is 0.776. The van der Waals surface area contributed by atoms with E-state index in [4.69, 9.17) is 4.74 Å². The van der Waals surface area contributed by atoms with Crippen molar-refractivity contribution in [2.24, 2.45) is 0 Å². The Bertz CT molecular complexity index is 910. The summed E-state index contributed by atoms with van der Waals surface area (Å²) in [5.41, 5.74) is 2.32. The SMILES string of the molecule is Cc1cc(CCC(=O)N2CCCC3(C2)OC(=O)c2ccccc23)ccc1F. The minimum absolute atomic E-state index is 0.0384. The second kappa shape index (κ2) is 6.80. The van der Waals surface area contributed by atoms with Gasteiger partial charge in [-0.05, 0) is 49.4 Å². The first-order valence-corrected chi connectivity index (χ1v) is 9.34. The van der Waals surface area contributed by atoms with Gasteiger partial charge >= 0.3 is 5.97 Å². The van der Waals surface area contributed by atoms with Crippen molar-refractivity contribution in [3.8, 4) is 0 Å². The van der Waals surface area contributed by atoms with Gasteiger partial charge < -0.3 is 9.64 Å². The molecule has 2 aliphatic rings. The van der Waals surface area contributed by atoms with Gasteiger partial charge in [-0.1, -0.05) is 30.3 Å². The van der Waals surface area contributed by atoms with E-state index in [9.17, 15) is 14.0 Å². The monoisotopic (exact) mass is 367 g/mol. The summed E-state index contributed by atoms with van der Waals surface area (Å²) in [7, 11) is 0. The third kappa shape index (κ3) is 3.22. The Morgan fingerprint density at radius 2 is 2.07 bits per heavy atom. The summed E-state index contributed by atoms with van der Waals surface area (Å²) >= 11 is 0. The minimum atomic E-state index is -0.714. The molecule has 1 unspecified atom stereocenters. The van der Waals surface area contributed by atoms with Crippen LogP contribution in [0.3, 0.4) is 0 Å². The molecule has 1 fully saturated rings. The number of ether oxygens (including phenoxy) is 1. The van der Waals surface area contributed by atoms with Crippen molar-refractivity contribution in [2.45, 2.75) is 38.2 Å². The van der Waals surface area contributed by atoms with E-state index in [1.807, 2.05) is 18.2 Å². The van der Waals surface area contributed by atoms with Crippen LogP contribution in [0.1, 0.15) is 46.3 Å². The van der Waals surface area contributed by atoms with Crippen LogP contribution in [0.25, 0.3) is 0 Å². The van der Waals surface area contributed by atoms with Crippen molar-refractivity contribution in [1.82, 2.24) is 4.90 Å². The standard InChI is InChI=1S/C22H22FNO3/c1-15-13-16(7-9-19(15)23)8-10-20(25)24-12-4-11-22(14-24)18-6-3-2-5-17(18)21(26)27-22/h2-3,5-7,9,13H,4,8,10-12,14H2,1H3. The molecule has 1 spiro atoms. The summed E-state index contributed by atoms with van der Waals surface area (Å²) in [5.74, 6) is -0.497. The smallest absolute Gasteiger partial charge is 0.339 e. The predicted molar refractivity (Wildman–Crippen MR) is 98.8 cm³/mol. The molecule has 0 radical (unpaired) electrons. The highest BCUT2D eigenvalue weighted by Crippen LogP contribution is 2.42. The number of rotatable bonds is 3. The number of hydrogen-bond acceptors (Lipinski definition) is 3. The van der Waals surface area contributed by atoms with Crippen molar-refractivity contribution in [2.75, 3.05) is 13.1 Å². The molecular weight excluding hydrogens is 345 g/mol. The summed E-state index contributed by atoms with van der Waals surface area (Å²) in [6, 6.07) is 12.4. The van der Waals surface area contributed by atoms with Gasteiger partial charge in [-0.2, -0.15) is 0 Å². The van der Waals surface area contributed by atoms with E-state index >= 15 is 0 Å². The van der Waals surface area contributed by atoms with Crippen LogP contribution in [0.5, 0.6) is 0 Å². The van der Waals surface area contributed by atoms with Crippen molar-refractivity contribution < 1.29 is 18.7 Å². The maximum Gasteiger partial charge on any atom is 0.339 e. The summed E-state index contributed by atoms with van der Waals surface area (Å²) in [6.07, 6.45) is 2.45. The number of halogens is 1. The van der Waals surface area contributed by atoms with E-state index < -0.39 is 5.60 Å². The number of amides is 1. The number of carbonyl (C=O) groups is 2. The van der Waals surface area contributed by atoms with Crippen LogP contribution in [0.15, 0.2) is 42.5 Å². The van der Waals surface area contributed by atoms with Gasteiger partial charge in [-0.25, -0.2) is 9.18 Å². The fourth-order valence-electron chi connectivity index (χ4n) is 4.16.